The van der Waals surface area contributed by atoms with Gasteiger partial charge in [-0.15, -0.1) is 0 Å². The number of phenols is 9. The summed E-state index contributed by atoms with van der Waals surface area (Å²) in [6.45, 7) is -1.11. The molecule has 1 unspecified atom stereocenters. The zero-order chi connectivity index (χ0) is 33.2. The highest BCUT2D eigenvalue weighted by molar-refractivity contribution is 6.10. The summed E-state index contributed by atoms with van der Waals surface area (Å²) in [5.74, 6) is -14.8. The minimum absolute atomic E-state index is 0.517. The third kappa shape index (κ3) is 4.69. The third-order valence-corrected chi connectivity index (χ3v) is 7.23. The molecule has 4 bridgehead atoms. The van der Waals surface area contributed by atoms with Gasteiger partial charge >= 0.3 is 17.9 Å². The normalized spacial score (nSPS) is 20.0. The molecule has 0 saturated heterocycles. The molecule has 3 heterocycles. The van der Waals surface area contributed by atoms with Crippen molar-refractivity contribution in [1.82, 2.24) is 0 Å². The van der Waals surface area contributed by atoms with Crippen LogP contribution in [0.3, 0.4) is 0 Å². The second kappa shape index (κ2) is 10.7. The highest BCUT2D eigenvalue weighted by Crippen LogP contribution is 2.57. The van der Waals surface area contributed by atoms with Gasteiger partial charge in [-0.25, -0.2) is 14.4 Å². The molecule has 0 spiro atoms. The second-order valence-electron chi connectivity index (χ2n) is 9.93. The minimum Gasteiger partial charge on any atom is -0.504 e. The van der Waals surface area contributed by atoms with Crippen LogP contribution in [0.1, 0.15) is 42.7 Å². The van der Waals surface area contributed by atoms with Crippen molar-refractivity contribution in [1.29, 1.82) is 0 Å². The number of carbonyl (C=O) groups is 3. The van der Waals surface area contributed by atoms with Crippen LogP contribution in [-0.4, -0.2) is 110 Å². The van der Waals surface area contributed by atoms with E-state index in [4.69, 9.17) is 14.2 Å². The maximum absolute atomic E-state index is 13.4. The number of benzene rings is 3. The molecule has 5 atom stereocenters. The fourth-order valence-corrected chi connectivity index (χ4v) is 4.99. The first-order chi connectivity index (χ1) is 21.1. The monoisotopic (exact) mass is 634 g/mol. The van der Waals surface area contributed by atoms with E-state index < -0.39 is 140 Å². The smallest absolute Gasteiger partial charge is 0.339 e. The number of ether oxygens (including phenoxy) is 3. The zero-order valence-electron chi connectivity index (χ0n) is 22.1. The van der Waals surface area contributed by atoms with Crippen LogP contribution in [0.25, 0.3) is 11.1 Å². The topological polar surface area (TPSA) is 322 Å². The van der Waals surface area contributed by atoms with E-state index in [1.165, 1.54) is 0 Å². The van der Waals surface area contributed by atoms with Crippen LogP contribution in [0.2, 0.25) is 0 Å². The Kier molecular flexibility index (Phi) is 7.28. The van der Waals surface area contributed by atoms with Gasteiger partial charge in [0.1, 0.15) is 24.9 Å². The molecular formula is C27H22O18. The molecule has 3 aromatic carbocycles. The Bertz CT molecular complexity index is 1760. The van der Waals surface area contributed by atoms with Gasteiger partial charge in [-0.1, -0.05) is 0 Å². The summed E-state index contributed by atoms with van der Waals surface area (Å²) in [6.07, 6.45) is -11.4. The van der Waals surface area contributed by atoms with Crippen LogP contribution in [0.4, 0.5) is 0 Å². The Morgan fingerprint density at radius 2 is 1.29 bits per heavy atom. The second-order valence-corrected chi connectivity index (χ2v) is 9.93. The van der Waals surface area contributed by atoms with Crippen LogP contribution in [-0.2, 0) is 14.2 Å². The van der Waals surface area contributed by atoms with Crippen molar-refractivity contribution in [3.05, 3.63) is 40.5 Å². The van der Waals surface area contributed by atoms with Crippen molar-refractivity contribution in [3.8, 4) is 62.9 Å². The van der Waals surface area contributed by atoms with E-state index in [-0.39, 0.29) is 0 Å². The van der Waals surface area contributed by atoms with Gasteiger partial charge in [0.25, 0.3) is 0 Å². The number of aliphatic hydroxyl groups is 3. The maximum atomic E-state index is 13.4. The molecule has 0 radical (unpaired) electrons. The van der Waals surface area contributed by atoms with Gasteiger partial charge in [-0.05, 0) is 18.2 Å². The Labute approximate surface area is 248 Å². The molecule has 3 aliphatic rings. The lowest BCUT2D eigenvalue weighted by atomic mass is 9.82. The molecule has 0 amide bonds. The quantitative estimate of drug-likeness (QED) is 0.0946. The van der Waals surface area contributed by atoms with E-state index in [1.807, 2.05) is 0 Å². The Balaban J connectivity index is 1.59. The number of rotatable bonds is 5. The molecule has 0 fully saturated rings. The lowest BCUT2D eigenvalue weighted by Crippen LogP contribution is -2.53. The summed E-state index contributed by atoms with van der Waals surface area (Å²) < 4.78 is 15.2. The summed E-state index contributed by atoms with van der Waals surface area (Å²) in [6, 6.07) is 1.92. The number of hydrogen-bond donors (Lipinski definition) is 12. The molecule has 12 N–H and O–H groups in total. The highest BCUT2D eigenvalue weighted by Gasteiger charge is 2.51. The molecular weight excluding hydrogens is 612 g/mol. The van der Waals surface area contributed by atoms with Crippen molar-refractivity contribution in [2.45, 2.75) is 30.5 Å². The van der Waals surface area contributed by atoms with E-state index in [9.17, 15) is 75.7 Å². The Hall–Kier alpha value is -5.85. The van der Waals surface area contributed by atoms with Gasteiger partial charge < -0.3 is 75.5 Å². The van der Waals surface area contributed by atoms with Gasteiger partial charge in [-0.2, -0.15) is 0 Å². The van der Waals surface area contributed by atoms with Crippen molar-refractivity contribution in [3.63, 3.8) is 0 Å². The number of fused-ring (bicyclic) bond motifs is 3. The van der Waals surface area contributed by atoms with E-state index >= 15 is 0 Å². The number of aromatic hydroxyl groups is 9. The fraction of sp³-hybridized carbons (Fsp3) is 0.222. The lowest BCUT2D eigenvalue weighted by Gasteiger charge is -2.39. The number of esters is 3. The Morgan fingerprint density at radius 1 is 0.711 bits per heavy atom. The van der Waals surface area contributed by atoms with E-state index in [0.717, 1.165) is 0 Å². The summed E-state index contributed by atoms with van der Waals surface area (Å²) in [4.78, 5) is 39.0. The largest absolute Gasteiger partial charge is 0.504 e. The number of hydrogen-bond acceptors (Lipinski definition) is 18. The first kappa shape index (κ1) is 30.6. The number of aliphatic hydroxyl groups excluding tert-OH is 3. The lowest BCUT2D eigenvalue weighted by molar-refractivity contribution is -0.151. The molecule has 18 heteroatoms. The molecule has 238 valence electrons. The van der Waals surface area contributed by atoms with Gasteiger partial charge in [0.05, 0.1) is 16.7 Å². The van der Waals surface area contributed by atoms with Crippen LogP contribution < -0.4 is 0 Å². The molecule has 18 nitrogen and oxygen atoms in total. The summed E-state index contributed by atoms with van der Waals surface area (Å²) >= 11 is 0. The van der Waals surface area contributed by atoms with Crippen LogP contribution in [0.5, 0.6) is 51.7 Å². The predicted molar refractivity (Wildman–Crippen MR) is 139 cm³/mol. The molecule has 0 aromatic heterocycles. The van der Waals surface area contributed by atoms with E-state index in [0.29, 0.717) is 18.2 Å². The zero-order valence-corrected chi connectivity index (χ0v) is 22.1. The van der Waals surface area contributed by atoms with Gasteiger partial charge in [0, 0.05) is 16.7 Å². The van der Waals surface area contributed by atoms with E-state index in [2.05, 4.69) is 0 Å². The van der Waals surface area contributed by atoms with Gasteiger partial charge in [0.15, 0.2) is 52.5 Å². The third-order valence-electron chi connectivity index (χ3n) is 7.23. The predicted octanol–water partition coefficient (Wildman–Crippen LogP) is -0.606. The fourth-order valence-electron chi connectivity index (χ4n) is 4.99. The summed E-state index contributed by atoms with van der Waals surface area (Å²) in [5.41, 5.74) is -5.07. The first-order valence-corrected chi connectivity index (χ1v) is 12.5. The number of phenolic OH excluding ortho intramolecular Hbond substituents is 9. The molecule has 0 saturated carbocycles. The van der Waals surface area contributed by atoms with Crippen molar-refractivity contribution in [2.24, 2.45) is 0 Å². The van der Waals surface area contributed by atoms with Gasteiger partial charge in [0.2, 0.25) is 11.5 Å². The van der Waals surface area contributed by atoms with Gasteiger partial charge in [-0.3, -0.25) is 0 Å². The highest BCUT2D eigenvalue weighted by atomic mass is 16.6. The van der Waals surface area contributed by atoms with Crippen molar-refractivity contribution < 1.29 is 89.9 Å². The van der Waals surface area contributed by atoms with Crippen molar-refractivity contribution >= 4 is 17.9 Å². The summed E-state index contributed by atoms with van der Waals surface area (Å²) in [5, 5.41) is 124. The summed E-state index contributed by atoms with van der Waals surface area (Å²) in [7, 11) is 0. The molecule has 3 aromatic rings. The minimum atomic E-state index is -2.41. The van der Waals surface area contributed by atoms with Crippen LogP contribution in [0, 0.1) is 0 Å². The standard InChI is InChI=1S/C27H22O18/c28-7-1-5(2-8(29)15(7)32)25(40)43-4-10(31)17(34)23-24-21(38)14-13(27(42)45-24)12(19(36)22(39)20(14)37)11-6(26(41)44-23)3-9(30)16(33)18(11)35/h1-3,10,17,21,23-24,28-39H,4H2/t10-,17-,21-,23-,24?/m1/s1. The Morgan fingerprint density at radius 3 is 1.91 bits per heavy atom. The van der Waals surface area contributed by atoms with Crippen molar-refractivity contribution in [2.75, 3.05) is 6.61 Å². The molecule has 0 aliphatic carbocycles. The average Bonchev–Trinajstić information content (AvgIpc) is 2.99. The molecule has 3 aliphatic heterocycles. The maximum Gasteiger partial charge on any atom is 0.339 e. The van der Waals surface area contributed by atoms with Crippen LogP contribution in [0.15, 0.2) is 18.2 Å². The number of carbonyl (C=O) groups excluding carboxylic acids is 3. The average molecular weight is 634 g/mol. The van der Waals surface area contributed by atoms with E-state index in [1.54, 1.807) is 0 Å². The van der Waals surface area contributed by atoms with Crippen LogP contribution >= 0.6 is 0 Å². The SMILES string of the molecule is O=C(OC[C@@H](O)[C@@H](O)[C@H]1OC(=O)c2cc(O)c(O)c(O)c2-c2c(O)c(O)c(O)c3c2C(=O)OC1[C@@H]3O)c1cc(O)c(O)c(O)c1. The molecule has 45 heavy (non-hydrogen) atoms. The molecule has 6 rings (SSSR count). The first-order valence-electron chi connectivity index (χ1n) is 12.5.